The van der Waals surface area contributed by atoms with Crippen LogP contribution in [0, 0.1) is 5.92 Å². The van der Waals surface area contributed by atoms with Gasteiger partial charge in [-0.2, -0.15) is 0 Å². The van der Waals surface area contributed by atoms with Gasteiger partial charge >= 0.3 is 0 Å². The third-order valence-corrected chi connectivity index (χ3v) is 4.23. The van der Waals surface area contributed by atoms with Gasteiger partial charge in [-0.05, 0) is 24.0 Å². The highest BCUT2D eigenvalue weighted by molar-refractivity contribution is 5.98. The van der Waals surface area contributed by atoms with Crippen LogP contribution in [0.25, 0.3) is 11.1 Å². The molecule has 2 unspecified atom stereocenters. The van der Waals surface area contributed by atoms with Crippen LogP contribution in [-0.4, -0.2) is 18.5 Å². The summed E-state index contributed by atoms with van der Waals surface area (Å²) in [5, 5.41) is 0. The fourth-order valence-electron chi connectivity index (χ4n) is 3.02. The van der Waals surface area contributed by atoms with E-state index in [9.17, 15) is 4.79 Å². The van der Waals surface area contributed by atoms with Crippen LogP contribution in [0.5, 0.6) is 0 Å². The van der Waals surface area contributed by atoms with E-state index in [1.165, 1.54) is 5.56 Å². The van der Waals surface area contributed by atoms with Crippen molar-refractivity contribution in [1.82, 2.24) is 0 Å². The number of carbonyl (C=O) groups is 1. The molecule has 1 saturated heterocycles. The van der Waals surface area contributed by atoms with Gasteiger partial charge in [0.05, 0.1) is 12.0 Å². The Kier molecular flexibility index (Phi) is 4.16. The van der Waals surface area contributed by atoms with Gasteiger partial charge in [0.15, 0.2) is 5.78 Å². The van der Waals surface area contributed by atoms with Crippen molar-refractivity contribution in [3.05, 3.63) is 60.2 Å². The lowest BCUT2D eigenvalue weighted by atomic mass is 9.90. The average molecular weight is 280 g/mol. The smallest absolute Gasteiger partial charge is 0.168 e. The van der Waals surface area contributed by atoms with Crippen LogP contribution < -0.4 is 0 Å². The highest BCUT2D eigenvalue weighted by atomic mass is 16.5. The molecule has 2 aromatic rings. The maximum absolute atomic E-state index is 12.6. The van der Waals surface area contributed by atoms with Crippen LogP contribution in [0.3, 0.4) is 0 Å². The summed E-state index contributed by atoms with van der Waals surface area (Å²) in [5.41, 5.74) is 3.11. The number of carbonyl (C=O) groups excluding carboxylic acids is 1. The number of hydrogen-bond donors (Lipinski definition) is 0. The van der Waals surface area contributed by atoms with E-state index in [1.807, 2.05) is 42.5 Å². The van der Waals surface area contributed by atoms with Gasteiger partial charge in [0.2, 0.25) is 0 Å². The second kappa shape index (κ2) is 6.23. The van der Waals surface area contributed by atoms with Crippen molar-refractivity contribution >= 4 is 5.78 Å². The van der Waals surface area contributed by atoms with Crippen LogP contribution in [-0.2, 0) is 4.74 Å². The molecule has 2 nitrogen and oxygen atoms in total. The Hall–Kier alpha value is -1.93. The van der Waals surface area contributed by atoms with E-state index in [4.69, 9.17) is 4.74 Å². The first-order valence-electron chi connectivity index (χ1n) is 7.61. The fraction of sp³-hybridized carbons (Fsp3) is 0.316. The van der Waals surface area contributed by atoms with Gasteiger partial charge in [-0.3, -0.25) is 4.79 Å². The topological polar surface area (TPSA) is 26.3 Å². The maximum atomic E-state index is 12.6. The molecule has 0 radical (unpaired) electrons. The zero-order valence-electron chi connectivity index (χ0n) is 12.3. The molecule has 2 heteroatoms. The zero-order chi connectivity index (χ0) is 14.7. The van der Waals surface area contributed by atoms with Crippen molar-refractivity contribution in [3.8, 4) is 11.1 Å². The standard InChI is InChI=1S/C19H20O2/c1-2-18-17(12-13-21-18)19(20)16-10-8-15(9-11-16)14-6-4-3-5-7-14/h3-11,17-18H,2,12-13H2,1H3. The van der Waals surface area contributed by atoms with Crippen molar-refractivity contribution < 1.29 is 9.53 Å². The van der Waals surface area contributed by atoms with E-state index in [0.717, 1.165) is 24.0 Å². The van der Waals surface area contributed by atoms with Gasteiger partial charge in [-0.25, -0.2) is 0 Å². The zero-order valence-corrected chi connectivity index (χ0v) is 12.3. The number of Topliss-reactive ketones (excluding diaryl/α,β-unsaturated/α-hetero) is 1. The predicted octanol–water partition coefficient (Wildman–Crippen LogP) is 4.35. The minimum Gasteiger partial charge on any atom is -0.377 e. The molecular formula is C19H20O2. The molecule has 0 aliphatic carbocycles. The molecule has 0 bridgehead atoms. The molecule has 0 spiro atoms. The van der Waals surface area contributed by atoms with E-state index in [0.29, 0.717) is 6.61 Å². The SMILES string of the molecule is CCC1OCCC1C(=O)c1ccc(-c2ccccc2)cc1. The lowest BCUT2D eigenvalue weighted by Crippen LogP contribution is -2.23. The number of ether oxygens (including phenoxy) is 1. The number of ketones is 1. The Morgan fingerprint density at radius 1 is 1.05 bits per heavy atom. The van der Waals surface area contributed by atoms with E-state index in [1.54, 1.807) is 0 Å². The first-order chi connectivity index (χ1) is 10.3. The normalized spacial score (nSPS) is 21.4. The van der Waals surface area contributed by atoms with Gasteiger partial charge < -0.3 is 4.74 Å². The summed E-state index contributed by atoms with van der Waals surface area (Å²) in [6.07, 6.45) is 1.84. The number of benzene rings is 2. The number of rotatable bonds is 4. The average Bonchev–Trinajstić information content (AvgIpc) is 3.04. The van der Waals surface area contributed by atoms with Crippen LogP contribution in [0.2, 0.25) is 0 Å². The Labute approximate surface area is 125 Å². The third-order valence-electron chi connectivity index (χ3n) is 4.23. The molecule has 3 rings (SSSR count). The van der Waals surface area contributed by atoms with Gasteiger partial charge in [0.1, 0.15) is 0 Å². The fourth-order valence-corrected chi connectivity index (χ4v) is 3.02. The molecule has 108 valence electrons. The number of hydrogen-bond acceptors (Lipinski definition) is 2. The molecule has 1 heterocycles. The van der Waals surface area contributed by atoms with Gasteiger partial charge in [-0.1, -0.05) is 61.5 Å². The summed E-state index contributed by atoms with van der Waals surface area (Å²) in [7, 11) is 0. The van der Waals surface area contributed by atoms with Crippen LogP contribution in [0.15, 0.2) is 54.6 Å². The van der Waals surface area contributed by atoms with E-state index < -0.39 is 0 Å². The van der Waals surface area contributed by atoms with Crippen molar-refractivity contribution in [3.63, 3.8) is 0 Å². The molecule has 1 aliphatic rings. The minimum absolute atomic E-state index is 0.0255. The first kappa shape index (κ1) is 14.0. The van der Waals surface area contributed by atoms with Crippen molar-refractivity contribution in [1.29, 1.82) is 0 Å². The molecule has 1 aliphatic heterocycles. The largest absolute Gasteiger partial charge is 0.377 e. The Morgan fingerprint density at radius 3 is 2.38 bits per heavy atom. The molecule has 2 atom stereocenters. The molecule has 21 heavy (non-hydrogen) atoms. The molecule has 0 amide bonds. The monoisotopic (exact) mass is 280 g/mol. The quantitative estimate of drug-likeness (QED) is 0.778. The lowest BCUT2D eigenvalue weighted by Gasteiger charge is -2.15. The second-order valence-electron chi connectivity index (χ2n) is 5.52. The molecular weight excluding hydrogens is 260 g/mol. The summed E-state index contributed by atoms with van der Waals surface area (Å²) in [6, 6.07) is 18.1. The summed E-state index contributed by atoms with van der Waals surface area (Å²) >= 11 is 0. The van der Waals surface area contributed by atoms with Gasteiger partial charge in [0, 0.05) is 12.2 Å². The second-order valence-corrected chi connectivity index (χ2v) is 5.52. The van der Waals surface area contributed by atoms with Crippen LogP contribution >= 0.6 is 0 Å². The van der Waals surface area contributed by atoms with Crippen molar-refractivity contribution in [2.75, 3.05) is 6.61 Å². The lowest BCUT2D eigenvalue weighted by molar-refractivity contribution is 0.0689. The minimum atomic E-state index is 0.0255. The third kappa shape index (κ3) is 2.91. The molecule has 1 fully saturated rings. The van der Waals surface area contributed by atoms with Crippen molar-refractivity contribution in [2.45, 2.75) is 25.9 Å². The highest BCUT2D eigenvalue weighted by Gasteiger charge is 2.33. The van der Waals surface area contributed by atoms with Crippen molar-refractivity contribution in [2.24, 2.45) is 5.92 Å². The van der Waals surface area contributed by atoms with E-state index in [2.05, 4.69) is 19.1 Å². The molecule has 0 N–H and O–H groups in total. The predicted molar refractivity (Wildman–Crippen MR) is 84.3 cm³/mol. The Balaban J connectivity index is 1.79. The van der Waals surface area contributed by atoms with Crippen LogP contribution in [0.4, 0.5) is 0 Å². The Bertz CT molecular complexity index is 601. The van der Waals surface area contributed by atoms with E-state index >= 15 is 0 Å². The summed E-state index contributed by atoms with van der Waals surface area (Å²) in [6.45, 7) is 2.78. The summed E-state index contributed by atoms with van der Waals surface area (Å²) < 4.78 is 5.63. The summed E-state index contributed by atoms with van der Waals surface area (Å²) in [5.74, 6) is 0.247. The van der Waals surface area contributed by atoms with E-state index in [-0.39, 0.29) is 17.8 Å². The molecule has 0 aromatic heterocycles. The summed E-state index contributed by atoms with van der Waals surface area (Å²) in [4.78, 5) is 12.6. The molecule has 2 aromatic carbocycles. The molecule has 0 saturated carbocycles. The van der Waals surface area contributed by atoms with Crippen LogP contribution in [0.1, 0.15) is 30.1 Å². The Morgan fingerprint density at radius 2 is 1.71 bits per heavy atom. The maximum Gasteiger partial charge on any atom is 0.168 e. The van der Waals surface area contributed by atoms with Gasteiger partial charge in [-0.15, -0.1) is 0 Å². The first-order valence-corrected chi connectivity index (χ1v) is 7.61. The highest BCUT2D eigenvalue weighted by Crippen LogP contribution is 2.28. The van der Waals surface area contributed by atoms with Gasteiger partial charge in [0.25, 0.3) is 0 Å².